The summed E-state index contributed by atoms with van der Waals surface area (Å²) in [7, 11) is 1.24. The Morgan fingerprint density at radius 3 is 2.74 bits per heavy atom. The van der Waals surface area contributed by atoms with Crippen LogP contribution in [-0.4, -0.2) is 22.9 Å². The molecule has 1 aromatic heterocycles. The van der Waals surface area contributed by atoms with Gasteiger partial charge in [0.1, 0.15) is 11.6 Å². The average Bonchev–Trinajstić information content (AvgIpc) is 2.80. The van der Waals surface area contributed by atoms with Crippen molar-refractivity contribution in [3.05, 3.63) is 57.4 Å². The molecule has 0 amide bonds. The Kier molecular flexibility index (Phi) is 5.20. The first-order chi connectivity index (χ1) is 11.0. The van der Waals surface area contributed by atoms with E-state index in [-0.39, 0.29) is 5.57 Å². The number of aromatic nitrogens is 2. The molecule has 23 heavy (non-hydrogen) atoms. The molecule has 6 heteroatoms. The molecule has 0 saturated heterocycles. The molecule has 0 saturated carbocycles. The van der Waals surface area contributed by atoms with Crippen molar-refractivity contribution in [3.63, 3.8) is 0 Å². The van der Waals surface area contributed by atoms with Gasteiger partial charge in [0.2, 0.25) is 0 Å². The normalized spacial score (nSPS) is 11.2. The topological polar surface area (TPSA) is 67.9 Å². The molecule has 0 atom stereocenters. The molecule has 1 aromatic carbocycles. The van der Waals surface area contributed by atoms with Gasteiger partial charge in [-0.05, 0) is 31.6 Å². The van der Waals surface area contributed by atoms with E-state index in [9.17, 15) is 4.79 Å². The van der Waals surface area contributed by atoms with Crippen LogP contribution in [0.5, 0.6) is 0 Å². The van der Waals surface area contributed by atoms with E-state index in [0.29, 0.717) is 11.6 Å². The maximum Gasteiger partial charge on any atom is 0.348 e. The number of hydrogen-bond donors (Lipinski definition) is 0. The van der Waals surface area contributed by atoms with E-state index in [1.165, 1.54) is 13.2 Å². The average molecular weight is 330 g/mol. The third-order valence-electron chi connectivity index (χ3n) is 3.53. The van der Waals surface area contributed by atoms with Gasteiger partial charge in [0.05, 0.1) is 19.3 Å². The Balaban J connectivity index is 2.41. The minimum absolute atomic E-state index is 0.0593. The number of aryl methyl sites for hydroxylation is 1. The van der Waals surface area contributed by atoms with Gasteiger partial charge >= 0.3 is 5.97 Å². The molecule has 0 aliphatic carbocycles. The van der Waals surface area contributed by atoms with E-state index in [2.05, 4.69) is 9.84 Å². The summed E-state index contributed by atoms with van der Waals surface area (Å²) < 4.78 is 6.40. The van der Waals surface area contributed by atoms with Crippen LogP contribution in [0.15, 0.2) is 29.8 Å². The maximum atomic E-state index is 11.6. The van der Waals surface area contributed by atoms with Gasteiger partial charge < -0.3 is 4.74 Å². The fourth-order valence-electron chi connectivity index (χ4n) is 2.25. The monoisotopic (exact) mass is 329 g/mol. The quantitative estimate of drug-likeness (QED) is 0.490. The first kappa shape index (κ1) is 16.8. The molecule has 118 valence electrons. The summed E-state index contributed by atoms with van der Waals surface area (Å²) in [6, 6.07) is 9.40. The summed E-state index contributed by atoms with van der Waals surface area (Å²) in [5, 5.41) is 14.2. The molecule has 0 bridgehead atoms. The number of carbonyl (C=O) groups is 1. The predicted octanol–water partition coefficient (Wildman–Crippen LogP) is 3.28. The van der Waals surface area contributed by atoms with E-state index < -0.39 is 5.97 Å². The summed E-state index contributed by atoms with van der Waals surface area (Å²) in [6.07, 6.45) is 1.51. The predicted molar refractivity (Wildman–Crippen MR) is 87.9 cm³/mol. The molecule has 0 N–H and O–H groups in total. The van der Waals surface area contributed by atoms with Gasteiger partial charge in [-0.2, -0.15) is 10.4 Å². The van der Waals surface area contributed by atoms with Crippen molar-refractivity contribution in [2.45, 2.75) is 20.4 Å². The maximum absolute atomic E-state index is 11.6. The van der Waals surface area contributed by atoms with Gasteiger partial charge in [-0.1, -0.05) is 29.8 Å². The van der Waals surface area contributed by atoms with Gasteiger partial charge in [-0.25, -0.2) is 4.79 Å². The van der Waals surface area contributed by atoms with Crippen LogP contribution in [0.2, 0.25) is 5.02 Å². The van der Waals surface area contributed by atoms with E-state index in [0.717, 1.165) is 22.5 Å². The van der Waals surface area contributed by atoms with Crippen molar-refractivity contribution in [2.75, 3.05) is 7.11 Å². The summed E-state index contributed by atoms with van der Waals surface area (Å²) in [4.78, 5) is 11.6. The Morgan fingerprint density at radius 1 is 1.43 bits per heavy atom. The van der Waals surface area contributed by atoms with Crippen molar-refractivity contribution in [1.29, 1.82) is 5.26 Å². The first-order valence-electron chi connectivity index (χ1n) is 6.95. The molecule has 0 spiro atoms. The van der Waals surface area contributed by atoms with E-state index in [1.54, 1.807) is 4.68 Å². The Hall–Kier alpha value is -2.58. The van der Waals surface area contributed by atoms with Crippen molar-refractivity contribution >= 4 is 23.6 Å². The zero-order chi connectivity index (χ0) is 17.0. The highest BCUT2D eigenvalue weighted by Gasteiger charge is 2.15. The van der Waals surface area contributed by atoms with Crippen LogP contribution in [0.3, 0.4) is 0 Å². The Morgan fingerprint density at radius 2 is 2.13 bits per heavy atom. The minimum Gasteiger partial charge on any atom is -0.465 e. The molecule has 1 heterocycles. The van der Waals surface area contributed by atoms with Crippen LogP contribution in [0.1, 0.15) is 22.5 Å². The molecule has 5 nitrogen and oxygen atoms in total. The van der Waals surface area contributed by atoms with Crippen molar-refractivity contribution < 1.29 is 9.53 Å². The van der Waals surface area contributed by atoms with Gasteiger partial charge in [-0.15, -0.1) is 0 Å². The molecule has 0 unspecified atom stereocenters. The largest absolute Gasteiger partial charge is 0.465 e. The summed E-state index contributed by atoms with van der Waals surface area (Å²) in [6.45, 7) is 4.23. The lowest BCUT2D eigenvalue weighted by molar-refractivity contribution is -0.135. The highest BCUT2D eigenvalue weighted by atomic mass is 35.5. The molecule has 0 aliphatic rings. The number of hydrogen-bond acceptors (Lipinski definition) is 4. The lowest BCUT2D eigenvalue weighted by Gasteiger charge is -2.06. The zero-order valence-electron chi connectivity index (χ0n) is 13.1. The highest BCUT2D eigenvalue weighted by Crippen LogP contribution is 2.21. The second-order valence-corrected chi connectivity index (χ2v) is 5.40. The van der Waals surface area contributed by atoms with Gasteiger partial charge in [0.25, 0.3) is 0 Å². The standard InChI is InChI=1S/C17H16ClN3O2/c1-11-15(8-14(9-19)17(22)23-3)12(2)21(20-11)10-13-6-4-5-7-16(13)18/h4-8H,10H2,1-3H3/b14-8+. The third kappa shape index (κ3) is 3.61. The zero-order valence-corrected chi connectivity index (χ0v) is 13.9. The third-order valence-corrected chi connectivity index (χ3v) is 3.90. The number of ether oxygens (including phenoxy) is 1. The van der Waals surface area contributed by atoms with Gasteiger partial charge in [0, 0.05) is 16.3 Å². The summed E-state index contributed by atoms with van der Waals surface area (Å²) in [5.41, 5.74) is 3.20. The molecule has 2 aromatic rings. The first-order valence-corrected chi connectivity index (χ1v) is 7.33. The van der Waals surface area contributed by atoms with Gasteiger partial charge in [0.15, 0.2) is 0 Å². The van der Waals surface area contributed by atoms with Crippen LogP contribution in [0, 0.1) is 25.2 Å². The lowest BCUT2D eigenvalue weighted by Crippen LogP contribution is -2.05. The highest BCUT2D eigenvalue weighted by molar-refractivity contribution is 6.31. The lowest BCUT2D eigenvalue weighted by atomic mass is 10.1. The molecule has 2 rings (SSSR count). The second kappa shape index (κ2) is 7.12. The van der Waals surface area contributed by atoms with E-state index in [4.69, 9.17) is 16.9 Å². The number of nitrogens with zero attached hydrogens (tertiary/aromatic N) is 3. The van der Waals surface area contributed by atoms with Gasteiger partial charge in [-0.3, -0.25) is 4.68 Å². The fraction of sp³-hybridized carbons (Fsp3) is 0.235. The molecule has 0 radical (unpaired) electrons. The molecular weight excluding hydrogens is 314 g/mol. The van der Waals surface area contributed by atoms with E-state index >= 15 is 0 Å². The Bertz CT molecular complexity index is 816. The summed E-state index contributed by atoms with van der Waals surface area (Å²) >= 11 is 6.18. The van der Waals surface area contributed by atoms with Crippen molar-refractivity contribution in [1.82, 2.24) is 9.78 Å². The smallest absolute Gasteiger partial charge is 0.348 e. The number of halogens is 1. The van der Waals surface area contributed by atoms with Crippen LogP contribution in [-0.2, 0) is 16.1 Å². The molecular formula is C17H16ClN3O2. The molecule has 0 aliphatic heterocycles. The fourth-order valence-corrected chi connectivity index (χ4v) is 2.45. The minimum atomic E-state index is -0.662. The van der Waals surface area contributed by atoms with E-state index in [1.807, 2.05) is 44.2 Å². The van der Waals surface area contributed by atoms with Crippen LogP contribution >= 0.6 is 11.6 Å². The number of nitriles is 1. The Labute approximate surface area is 139 Å². The van der Waals surface area contributed by atoms with Crippen LogP contribution < -0.4 is 0 Å². The second-order valence-electron chi connectivity index (χ2n) is 4.99. The SMILES string of the molecule is COC(=O)/C(C#N)=C/c1c(C)nn(Cc2ccccc2Cl)c1C. The number of methoxy groups -OCH3 is 1. The number of benzene rings is 1. The van der Waals surface area contributed by atoms with Crippen LogP contribution in [0.4, 0.5) is 0 Å². The van der Waals surface area contributed by atoms with Crippen LogP contribution in [0.25, 0.3) is 6.08 Å². The number of esters is 1. The van der Waals surface area contributed by atoms with Crippen molar-refractivity contribution in [3.8, 4) is 6.07 Å². The number of rotatable bonds is 4. The number of carbonyl (C=O) groups excluding carboxylic acids is 1. The summed E-state index contributed by atoms with van der Waals surface area (Å²) in [5.74, 6) is -0.662. The molecule has 0 fully saturated rings. The van der Waals surface area contributed by atoms with Crippen molar-refractivity contribution in [2.24, 2.45) is 0 Å².